The van der Waals surface area contributed by atoms with Crippen molar-refractivity contribution in [3.05, 3.63) is 59.9 Å². The third kappa shape index (κ3) is 2.57. The zero-order valence-electron chi connectivity index (χ0n) is 11.7. The van der Waals surface area contributed by atoms with Crippen LogP contribution in [0.15, 0.2) is 64.4 Å². The zero-order valence-corrected chi connectivity index (χ0v) is 11.7. The van der Waals surface area contributed by atoms with Crippen molar-refractivity contribution in [2.24, 2.45) is 15.9 Å². The molecule has 1 aromatic rings. The summed E-state index contributed by atoms with van der Waals surface area (Å²) in [6.07, 6.45) is 8.44. The molecule has 0 fully saturated rings. The van der Waals surface area contributed by atoms with Crippen molar-refractivity contribution in [2.45, 2.75) is 26.3 Å². The van der Waals surface area contributed by atoms with E-state index in [1.165, 1.54) is 11.1 Å². The molecule has 0 radical (unpaired) electrons. The van der Waals surface area contributed by atoms with E-state index in [9.17, 15) is 0 Å². The first kappa shape index (κ1) is 12.9. The molecule has 1 unspecified atom stereocenters. The molecule has 0 amide bonds. The highest BCUT2D eigenvalue weighted by Gasteiger charge is 2.28. The number of rotatable bonds is 4. The summed E-state index contributed by atoms with van der Waals surface area (Å²) >= 11 is 0. The van der Waals surface area contributed by atoms with Gasteiger partial charge in [-0.2, -0.15) is 0 Å². The maximum Gasteiger partial charge on any atom is 0.148 e. The molecule has 0 aromatic heterocycles. The Morgan fingerprint density at radius 2 is 2.10 bits per heavy atom. The van der Waals surface area contributed by atoms with Gasteiger partial charge in [0.05, 0.1) is 12.3 Å². The van der Waals surface area contributed by atoms with Crippen LogP contribution in [0.5, 0.6) is 0 Å². The molecule has 2 heterocycles. The lowest BCUT2D eigenvalue weighted by Gasteiger charge is -2.19. The van der Waals surface area contributed by atoms with E-state index in [1.807, 2.05) is 30.6 Å². The van der Waals surface area contributed by atoms with Gasteiger partial charge in [0.1, 0.15) is 5.84 Å². The highest BCUT2D eigenvalue weighted by molar-refractivity contribution is 6.44. The maximum absolute atomic E-state index is 4.68. The van der Waals surface area contributed by atoms with Crippen molar-refractivity contribution in [1.82, 2.24) is 5.32 Å². The molecule has 0 bridgehead atoms. The molecular formula is C17H19N3. The van der Waals surface area contributed by atoms with E-state index >= 15 is 0 Å². The average Bonchev–Trinajstić information content (AvgIpc) is 2.91. The lowest BCUT2D eigenvalue weighted by Crippen LogP contribution is -2.35. The summed E-state index contributed by atoms with van der Waals surface area (Å²) in [6.45, 7) is 2.89. The lowest BCUT2D eigenvalue weighted by atomic mass is 9.91. The SMILES string of the molecule is CCCC1=CN=C2C(=NCc3ccccc3)NC=CC12. The molecule has 2 aliphatic rings. The fourth-order valence-electron chi connectivity index (χ4n) is 2.60. The number of aliphatic imine (C=N–C) groups is 2. The minimum absolute atomic E-state index is 0.325. The Morgan fingerprint density at radius 3 is 2.90 bits per heavy atom. The molecule has 0 spiro atoms. The van der Waals surface area contributed by atoms with Gasteiger partial charge in [0.15, 0.2) is 0 Å². The average molecular weight is 265 g/mol. The van der Waals surface area contributed by atoms with Gasteiger partial charge in [-0.05, 0) is 23.8 Å². The van der Waals surface area contributed by atoms with E-state index in [0.717, 1.165) is 24.4 Å². The number of fused-ring (bicyclic) bond motifs is 1. The summed E-state index contributed by atoms with van der Waals surface area (Å²) in [5.41, 5.74) is 3.67. The van der Waals surface area contributed by atoms with Gasteiger partial charge >= 0.3 is 0 Å². The topological polar surface area (TPSA) is 36.8 Å². The number of nitrogens with one attached hydrogen (secondary N) is 1. The van der Waals surface area contributed by atoms with E-state index in [-0.39, 0.29) is 0 Å². The number of hydrogen-bond donors (Lipinski definition) is 1. The van der Waals surface area contributed by atoms with E-state index < -0.39 is 0 Å². The molecule has 1 atom stereocenters. The Kier molecular flexibility index (Phi) is 3.77. The van der Waals surface area contributed by atoms with E-state index in [4.69, 9.17) is 0 Å². The summed E-state index contributed by atoms with van der Waals surface area (Å²) < 4.78 is 0. The van der Waals surface area contributed by atoms with Crippen LogP contribution in [0, 0.1) is 5.92 Å². The minimum atomic E-state index is 0.325. The highest BCUT2D eigenvalue weighted by atomic mass is 15.0. The van der Waals surface area contributed by atoms with E-state index in [2.05, 4.69) is 40.4 Å². The molecule has 3 nitrogen and oxygen atoms in total. The Morgan fingerprint density at radius 1 is 1.25 bits per heavy atom. The van der Waals surface area contributed by atoms with Crippen molar-refractivity contribution in [1.29, 1.82) is 0 Å². The zero-order chi connectivity index (χ0) is 13.8. The van der Waals surface area contributed by atoms with Crippen LogP contribution in [0.3, 0.4) is 0 Å². The second-order valence-electron chi connectivity index (χ2n) is 5.10. The van der Waals surface area contributed by atoms with Crippen molar-refractivity contribution >= 4 is 11.5 Å². The number of hydrogen-bond acceptors (Lipinski definition) is 2. The van der Waals surface area contributed by atoms with Gasteiger partial charge in [-0.3, -0.25) is 9.98 Å². The third-order valence-corrected chi connectivity index (χ3v) is 3.62. The van der Waals surface area contributed by atoms with Gasteiger partial charge in [-0.25, -0.2) is 0 Å². The Balaban J connectivity index is 1.75. The first-order valence-electron chi connectivity index (χ1n) is 7.17. The number of nitrogens with zero attached hydrogens (tertiary/aromatic N) is 2. The Hall–Kier alpha value is -2.16. The predicted molar refractivity (Wildman–Crippen MR) is 83.8 cm³/mol. The van der Waals surface area contributed by atoms with Crippen molar-refractivity contribution in [3.8, 4) is 0 Å². The van der Waals surface area contributed by atoms with Gasteiger partial charge in [-0.15, -0.1) is 0 Å². The standard InChI is InChI=1S/C17H19N3/c1-2-6-14-12-19-16-15(14)9-10-18-17(16)20-11-13-7-4-3-5-8-13/h3-5,7-10,12,15H,2,6,11H2,1H3,(H,18,20). The summed E-state index contributed by atoms with van der Waals surface area (Å²) in [7, 11) is 0. The van der Waals surface area contributed by atoms with Crippen molar-refractivity contribution in [3.63, 3.8) is 0 Å². The van der Waals surface area contributed by atoms with Crippen LogP contribution in [0.1, 0.15) is 25.3 Å². The van der Waals surface area contributed by atoms with E-state index in [1.54, 1.807) is 0 Å². The van der Waals surface area contributed by atoms with Crippen LogP contribution >= 0.6 is 0 Å². The van der Waals surface area contributed by atoms with Gasteiger partial charge in [0, 0.05) is 12.1 Å². The first-order chi connectivity index (χ1) is 9.88. The quantitative estimate of drug-likeness (QED) is 0.889. The fraction of sp³-hybridized carbons (Fsp3) is 0.294. The van der Waals surface area contributed by atoms with Gasteiger partial charge in [0.25, 0.3) is 0 Å². The molecule has 0 saturated carbocycles. The second kappa shape index (κ2) is 5.87. The van der Waals surface area contributed by atoms with Crippen LogP contribution in [0.2, 0.25) is 0 Å². The van der Waals surface area contributed by atoms with E-state index in [0.29, 0.717) is 12.5 Å². The van der Waals surface area contributed by atoms with Crippen LogP contribution in [-0.4, -0.2) is 11.5 Å². The molecule has 1 aromatic carbocycles. The maximum atomic E-state index is 4.68. The highest BCUT2D eigenvalue weighted by Crippen LogP contribution is 2.27. The number of benzene rings is 1. The smallest absolute Gasteiger partial charge is 0.148 e. The second-order valence-corrected chi connectivity index (χ2v) is 5.10. The number of allylic oxidation sites excluding steroid dienone is 2. The predicted octanol–water partition coefficient (Wildman–Crippen LogP) is 3.46. The molecule has 20 heavy (non-hydrogen) atoms. The monoisotopic (exact) mass is 265 g/mol. The summed E-state index contributed by atoms with van der Waals surface area (Å²) in [5.74, 6) is 1.23. The summed E-state index contributed by atoms with van der Waals surface area (Å²) in [5, 5.41) is 3.23. The van der Waals surface area contributed by atoms with Crippen LogP contribution in [-0.2, 0) is 6.54 Å². The number of amidine groups is 1. The molecule has 3 heteroatoms. The van der Waals surface area contributed by atoms with Crippen molar-refractivity contribution < 1.29 is 0 Å². The van der Waals surface area contributed by atoms with Crippen molar-refractivity contribution in [2.75, 3.05) is 0 Å². The Labute approximate surface area is 119 Å². The molecule has 1 N–H and O–H groups in total. The van der Waals surface area contributed by atoms with Gasteiger partial charge in [0.2, 0.25) is 0 Å². The van der Waals surface area contributed by atoms with Crippen LogP contribution in [0.25, 0.3) is 0 Å². The normalized spacial score (nSPS) is 22.2. The molecule has 0 aliphatic carbocycles. The summed E-state index contributed by atoms with van der Waals surface area (Å²) in [6, 6.07) is 10.3. The summed E-state index contributed by atoms with van der Waals surface area (Å²) in [4.78, 5) is 9.24. The largest absolute Gasteiger partial charge is 0.346 e. The molecule has 102 valence electrons. The third-order valence-electron chi connectivity index (χ3n) is 3.62. The lowest BCUT2D eigenvalue weighted by molar-refractivity contribution is 0.836. The molecular weight excluding hydrogens is 246 g/mol. The first-order valence-corrected chi connectivity index (χ1v) is 7.17. The van der Waals surface area contributed by atoms with Gasteiger partial charge < -0.3 is 5.32 Å². The fourth-order valence-corrected chi connectivity index (χ4v) is 2.60. The minimum Gasteiger partial charge on any atom is -0.346 e. The molecule has 0 saturated heterocycles. The Bertz CT molecular complexity index is 594. The molecule has 2 aliphatic heterocycles. The van der Waals surface area contributed by atoms with Crippen LogP contribution < -0.4 is 5.32 Å². The van der Waals surface area contributed by atoms with Crippen LogP contribution in [0.4, 0.5) is 0 Å². The van der Waals surface area contributed by atoms with Gasteiger partial charge in [-0.1, -0.05) is 49.8 Å². The molecule has 3 rings (SSSR count).